The number of hydrogen-bond donors (Lipinski definition) is 1. The van der Waals surface area contributed by atoms with Crippen molar-refractivity contribution in [2.45, 2.75) is 71.0 Å². The minimum Gasteiger partial charge on any atom is -0.497 e. The topological polar surface area (TPSA) is 96.0 Å². The van der Waals surface area contributed by atoms with Crippen LogP contribution in [0.25, 0.3) is 0 Å². The zero-order valence-electron chi connectivity index (χ0n) is 22.6. The number of benzene rings is 2. The summed E-state index contributed by atoms with van der Waals surface area (Å²) in [5.41, 5.74) is 1.85. The van der Waals surface area contributed by atoms with Crippen molar-refractivity contribution in [3.63, 3.8) is 0 Å². The summed E-state index contributed by atoms with van der Waals surface area (Å²) < 4.78 is 31.9. The van der Waals surface area contributed by atoms with Crippen molar-refractivity contribution in [2.75, 3.05) is 24.2 Å². The van der Waals surface area contributed by atoms with Crippen LogP contribution in [0, 0.1) is 6.92 Å². The second-order valence-electron chi connectivity index (χ2n) is 9.84. The molecule has 0 aromatic heterocycles. The number of carbonyl (C=O) groups excluding carboxylic acids is 2. The number of sulfonamides is 1. The first kappa shape index (κ1) is 29.8. The van der Waals surface area contributed by atoms with Crippen LogP contribution in [0.3, 0.4) is 0 Å². The van der Waals surface area contributed by atoms with Gasteiger partial charge in [-0.25, -0.2) is 8.42 Å². The summed E-state index contributed by atoms with van der Waals surface area (Å²) in [5.74, 6) is -0.0813. The Balaban J connectivity index is 1.94. The normalized spacial score (nSPS) is 15.0. The number of nitrogens with zero attached hydrogens (tertiary/aromatic N) is 2. The van der Waals surface area contributed by atoms with Crippen LogP contribution in [0.1, 0.15) is 56.6 Å². The molecule has 0 unspecified atom stereocenters. The maximum Gasteiger partial charge on any atom is 0.244 e. The molecule has 1 aliphatic carbocycles. The lowest BCUT2D eigenvalue weighted by Crippen LogP contribution is -2.53. The molecule has 0 radical (unpaired) electrons. The second-order valence-corrected chi connectivity index (χ2v) is 12.2. The van der Waals surface area contributed by atoms with Crippen LogP contribution in [-0.2, 0) is 26.2 Å². The molecule has 38 heavy (non-hydrogen) atoms. The van der Waals surface area contributed by atoms with Crippen molar-refractivity contribution in [1.29, 1.82) is 0 Å². The van der Waals surface area contributed by atoms with Crippen LogP contribution < -0.4 is 14.4 Å². The van der Waals surface area contributed by atoms with E-state index in [1.54, 1.807) is 31.4 Å². The smallest absolute Gasteiger partial charge is 0.244 e. The first-order valence-electron chi connectivity index (χ1n) is 13.0. The van der Waals surface area contributed by atoms with Crippen molar-refractivity contribution < 1.29 is 22.7 Å². The zero-order chi connectivity index (χ0) is 27.9. The zero-order valence-corrected chi connectivity index (χ0v) is 24.1. The first-order chi connectivity index (χ1) is 18.0. The molecule has 3 rings (SSSR count). The van der Waals surface area contributed by atoms with Crippen LogP contribution in [0.5, 0.6) is 5.75 Å². The Bertz CT molecular complexity index is 1230. The van der Waals surface area contributed by atoms with Crippen LogP contribution in [-0.4, -0.2) is 57.1 Å². The predicted octanol–water partition coefficient (Wildman–Crippen LogP) is 4.68. The van der Waals surface area contributed by atoms with Gasteiger partial charge < -0.3 is 15.0 Å². The summed E-state index contributed by atoms with van der Waals surface area (Å²) in [6, 6.07) is 11.5. The van der Waals surface area contributed by atoms with Crippen molar-refractivity contribution in [3.05, 3.63) is 58.6 Å². The standard InChI is InChI=1S/C28H38ClN3O5S/c1-5-26(28(34)30-22-11-7-6-8-12-22)31(18-21-10-9-13-24(16-21)37-3)27(33)19-32(38(4,35)36)23-15-14-20(2)25(29)17-23/h9-10,13-17,22,26H,5-8,11-12,18-19H2,1-4H3,(H,30,34)/t26-/m1/s1. The fraction of sp³-hybridized carbons (Fsp3) is 0.500. The van der Waals surface area contributed by atoms with Gasteiger partial charge in [-0.3, -0.25) is 13.9 Å². The molecule has 1 saturated carbocycles. The minimum atomic E-state index is -3.83. The Labute approximate surface area is 231 Å². The summed E-state index contributed by atoms with van der Waals surface area (Å²) in [5, 5.41) is 3.53. The van der Waals surface area contributed by atoms with Gasteiger partial charge in [-0.05, 0) is 61.6 Å². The molecule has 0 spiro atoms. The van der Waals surface area contributed by atoms with Gasteiger partial charge in [0.1, 0.15) is 18.3 Å². The van der Waals surface area contributed by atoms with Crippen LogP contribution >= 0.6 is 11.6 Å². The third kappa shape index (κ3) is 7.86. The second kappa shape index (κ2) is 13.3. The van der Waals surface area contributed by atoms with Crippen molar-refractivity contribution in [3.8, 4) is 5.75 Å². The molecule has 8 nitrogen and oxygen atoms in total. The number of amides is 2. The lowest BCUT2D eigenvalue weighted by molar-refractivity contribution is -0.140. The number of carbonyl (C=O) groups is 2. The average Bonchev–Trinajstić information content (AvgIpc) is 2.88. The Kier molecular flexibility index (Phi) is 10.4. The van der Waals surface area contributed by atoms with E-state index in [1.165, 1.54) is 11.0 Å². The van der Waals surface area contributed by atoms with Crippen molar-refractivity contribution in [2.24, 2.45) is 0 Å². The fourth-order valence-electron chi connectivity index (χ4n) is 4.78. The fourth-order valence-corrected chi connectivity index (χ4v) is 5.80. The molecule has 2 aromatic rings. The van der Waals surface area contributed by atoms with Crippen LogP contribution in [0.2, 0.25) is 5.02 Å². The molecule has 0 bridgehead atoms. The van der Waals surface area contributed by atoms with Gasteiger partial charge in [0.2, 0.25) is 21.8 Å². The Hall–Kier alpha value is -2.78. The molecule has 0 heterocycles. The van der Waals surface area contributed by atoms with E-state index >= 15 is 0 Å². The highest BCUT2D eigenvalue weighted by Gasteiger charge is 2.33. The summed E-state index contributed by atoms with van der Waals surface area (Å²) in [6.45, 7) is 3.33. The number of ether oxygens (including phenoxy) is 1. The molecule has 0 saturated heterocycles. The van der Waals surface area contributed by atoms with E-state index in [0.29, 0.717) is 17.2 Å². The maximum absolute atomic E-state index is 13.9. The monoisotopic (exact) mass is 563 g/mol. The molecular weight excluding hydrogens is 526 g/mol. The molecule has 1 atom stereocenters. The van der Waals surface area contributed by atoms with Gasteiger partial charge >= 0.3 is 0 Å². The molecule has 2 amide bonds. The molecular formula is C28H38ClN3O5S. The number of anilines is 1. The number of halogens is 1. The van der Waals surface area contributed by atoms with Crippen LogP contribution in [0.15, 0.2) is 42.5 Å². The third-order valence-corrected chi connectivity index (χ3v) is 8.49. The van der Waals surface area contributed by atoms with E-state index < -0.39 is 28.5 Å². The highest BCUT2D eigenvalue weighted by Crippen LogP contribution is 2.26. The quantitative estimate of drug-likeness (QED) is 0.428. The van der Waals surface area contributed by atoms with Gasteiger partial charge in [-0.1, -0.05) is 56.0 Å². The molecule has 1 aliphatic rings. The van der Waals surface area contributed by atoms with Gasteiger partial charge in [-0.15, -0.1) is 0 Å². The SMILES string of the molecule is CC[C@H](C(=O)NC1CCCCC1)N(Cc1cccc(OC)c1)C(=O)CN(c1ccc(C)c(Cl)c1)S(C)(=O)=O. The largest absolute Gasteiger partial charge is 0.497 e. The average molecular weight is 564 g/mol. The highest BCUT2D eigenvalue weighted by atomic mass is 35.5. The minimum absolute atomic E-state index is 0.0845. The summed E-state index contributed by atoms with van der Waals surface area (Å²) >= 11 is 6.27. The number of hydrogen-bond acceptors (Lipinski definition) is 5. The lowest BCUT2D eigenvalue weighted by Gasteiger charge is -2.34. The Morgan fingerprint density at radius 1 is 1.13 bits per heavy atom. The lowest BCUT2D eigenvalue weighted by atomic mass is 9.95. The molecule has 2 aromatic carbocycles. The molecule has 1 N–H and O–H groups in total. The Morgan fingerprint density at radius 3 is 2.45 bits per heavy atom. The van der Waals surface area contributed by atoms with E-state index in [4.69, 9.17) is 16.3 Å². The van der Waals surface area contributed by atoms with Gasteiger partial charge in [0, 0.05) is 17.6 Å². The van der Waals surface area contributed by atoms with Gasteiger partial charge in [-0.2, -0.15) is 0 Å². The van der Waals surface area contributed by atoms with Gasteiger partial charge in [0.25, 0.3) is 0 Å². The number of nitrogens with one attached hydrogen (secondary N) is 1. The van der Waals surface area contributed by atoms with E-state index in [-0.39, 0.29) is 24.2 Å². The van der Waals surface area contributed by atoms with Crippen molar-refractivity contribution >= 4 is 39.1 Å². The molecule has 10 heteroatoms. The van der Waals surface area contributed by atoms with E-state index in [0.717, 1.165) is 53.8 Å². The third-order valence-electron chi connectivity index (χ3n) is 6.95. The first-order valence-corrected chi connectivity index (χ1v) is 15.2. The number of rotatable bonds is 11. The van der Waals surface area contributed by atoms with Gasteiger partial charge in [0.15, 0.2) is 0 Å². The van der Waals surface area contributed by atoms with Gasteiger partial charge in [0.05, 0.1) is 19.1 Å². The summed E-state index contributed by atoms with van der Waals surface area (Å²) in [7, 11) is -2.27. The number of aryl methyl sites for hydroxylation is 1. The highest BCUT2D eigenvalue weighted by molar-refractivity contribution is 7.92. The predicted molar refractivity (Wildman–Crippen MR) is 151 cm³/mol. The van der Waals surface area contributed by atoms with Crippen molar-refractivity contribution in [1.82, 2.24) is 10.2 Å². The number of methoxy groups -OCH3 is 1. The van der Waals surface area contributed by atoms with E-state index in [2.05, 4.69) is 5.32 Å². The van der Waals surface area contributed by atoms with Crippen LogP contribution in [0.4, 0.5) is 5.69 Å². The molecule has 0 aliphatic heterocycles. The van der Waals surface area contributed by atoms with E-state index in [9.17, 15) is 18.0 Å². The molecule has 1 fully saturated rings. The maximum atomic E-state index is 13.9. The summed E-state index contributed by atoms with van der Waals surface area (Å²) in [4.78, 5) is 28.8. The Morgan fingerprint density at radius 2 is 1.84 bits per heavy atom. The summed E-state index contributed by atoms with van der Waals surface area (Å²) in [6.07, 6.45) is 6.56. The van der Waals surface area contributed by atoms with E-state index in [1.807, 2.05) is 26.0 Å². The molecule has 208 valence electrons.